The molecule has 2 aromatic rings. The van der Waals surface area contributed by atoms with E-state index in [0.717, 1.165) is 24.8 Å². The number of rotatable bonds is 4. The number of hydrogen-bond acceptors (Lipinski definition) is 5. The summed E-state index contributed by atoms with van der Waals surface area (Å²) in [4.78, 5) is 18.9. The Hall–Kier alpha value is -2.21. The summed E-state index contributed by atoms with van der Waals surface area (Å²) in [6, 6.07) is 9.40. The lowest BCUT2D eigenvalue weighted by Gasteiger charge is -2.35. The van der Waals surface area contributed by atoms with Gasteiger partial charge in [-0.05, 0) is 24.8 Å². The normalized spacial score (nSPS) is 19.9. The van der Waals surface area contributed by atoms with Crippen LogP contribution in [0.5, 0.6) is 0 Å². The first-order valence-electron chi connectivity index (χ1n) is 7.45. The number of aromatic nitrogens is 2. The van der Waals surface area contributed by atoms with Crippen molar-refractivity contribution in [1.29, 1.82) is 0 Å². The van der Waals surface area contributed by atoms with Crippen molar-refractivity contribution in [3.05, 3.63) is 48.1 Å². The van der Waals surface area contributed by atoms with Gasteiger partial charge < -0.3 is 14.2 Å². The molecule has 1 fully saturated rings. The second-order valence-electron chi connectivity index (χ2n) is 5.36. The number of nitrogens with zero attached hydrogens (tertiary/aromatic N) is 3. The zero-order chi connectivity index (χ0) is 15.4. The number of carbonyl (C=O) groups is 1. The Labute approximate surface area is 129 Å². The Kier molecular flexibility index (Phi) is 4.48. The van der Waals surface area contributed by atoms with Gasteiger partial charge in [0.2, 0.25) is 6.39 Å². The third-order valence-corrected chi connectivity index (χ3v) is 4.02. The highest BCUT2D eigenvalue weighted by molar-refractivity contribution is 5.82. The van der Waals surface area contributed by atoms with Gasteiger partial charge in [-0.3, -0.25) is 4.79 Å². The first-order valence-corrected chi connectivity index (χ1v) is 7.45. The summed E-state index contributed by atoms with van der Waals surface area (Å²) in [6.45, 7) is 0.685. The number of likely N-dealkylation sites (tertiary alicyclic amines) is 1. The quantitative estimate of drug-likeness (QED) is 0.868. The summed E-state index contributed by atoms with van der Waals surface area (Å²) in [5.74, 6) is 0.513. The second kappa shape index (κ2) is 6.70. The van der Waals surface area contributed by atoms with Crippen LogP contribution in [0.15, 0.2) is 41.2 Å². The standard InChI is InChI=1S/C16H19N3O3/c1-21-14(12-7-3-2-4-8-12)16(20)19-10-6-5-9-13(19)15-17-11-22-18-15/h2-4,7-8,11,13-14H,5-6,9-10H2,1H3/t13-,14+/m1/s1. The van der Waals surface area contributed by atoms with Gasteiger partial charge in [-0.1, -0.05) is 35.5 Å². The number of methoxy groups -OCH3 is 1. The molecule has 1 saturated heterocycles. The van der Waals surface area contributed by atoms with Gasteiger partial charge in [-0.25, -0.2) is 0 Å². The molecule has 1 aliphatic heterocycles. The molecule has 0 spiro atoms. The topological polar surface area (TPSA) is 68.5 Å². The first kappa shape index (κ1) is 14.7. The molecular weight excluding hydrogens is 282 g/mol. The lowest BCUT2D eigenvalue weighted by atomic mass is 9.99. The second-order valence-corrected chi connectivity index (χ2v) is 5.36. The molecule has 1 amide bonds. The lowest BCUT2D eigenvalue weighted by molar-refractivity contribution is -0.146. The van der Waals surface area contributed by atoms with Gasteiger partial charge in [-0.2, -0.15) is 4.98 Å². The molecule has 3 rings (SSSR count). The minimum absolute atomic E-state index is 0.0526. The number of ether oxygens (including phenoxy) is 1. The predicted molar refractivity (Wildman–Crippen MR) is 78.8 cm³/mol. The van der Waals surface area contributed by atoms with Gasteiger partial charge in [0.15, 0.2) is 11.9 Å². The number of hydrogen-bond donors (Lipinski definition) is 0. The molecule has 0 N–H and O–H groups in total. The van der Waals surface area contributed by atoms with E-state index >= 15 is 0 Å². The molecule has 116 valence electrons. The summed E-state index contributed by atoms with van der Waals surface area (Å²) in [5.41, 5.74) is 0.854. The Morgan fingerprint density at radius 3 is 2.86 bits per heavy atom. The maximum absolute atomic E-state index is 13.0. The van der Waals surface area contributed by atoms with Gasteiger partial charge in [0, 0.05) is 13.7 Å². The average Bonchev–Trinajstić information content (AvgIpc) is 3.11. The third-order valence-electron chi connectivity index (χ3n) is 4.02. The Morgan fingerprint density at radius 1 is 1.36 bits per heavy atom. The molecule has 1 aliphatic rings. The summed E-state index contributed by atoms with van der Waals surface area (Å²) >= 11 is 0. The zero-order valence-corrected chi connectivity index (χ0v) is 12.5. The number of amides is 1. The van der Waals surface area contributed by atoms with E-state index in [1.807, 2.05) is 35.2 Å². The van der Waals surface area contributed by atoms with Crippen LogP contribution in [0.25, 0.3) is 0 Å². The van der Waals surface area contributed by atoms with Crippen molar-refractivity contribution in [1.82, 2.24) is 15.0 Å². The van der Waals surface area contributed by atoms with E-state index in [1.54, 1.807) is 7.11 Å². The van der Waals surface area contributed by atoms with E-state index in [0.29, 0.717) is 12.4 Å². The molecular formula is C16H19N3O3. The van der Waals surface area contributed by atoms with Gasteiger partial charge in [-0.15, -0.1) is 0 Å². The van der Waals surface area contributed by atoms with Crippen LogP contribution >= 0.6 is 0 Å². The van der Waals surface area contributed by atoms with Crippen molar-refractivity contribution in [3.63, 3.8) is 0 Å². The molecule has 6 nitrogen and oxygen atoms in total. The van der Waals surface area contributed by atoms with Crippen LogP contribution in [0.2, 0.25) is 0 Å². The summed E-state index contributed by atoms with van der Waals surface area (Å²) in [5, 5.41) is 3.91. The monoisotopic (exact) mass is 301 g/mol. The summed E-state index contributed by atoms with van der Waals surface area (Å²) in [6.07, 6.45) is 3.57. The average molecular weight is 301 g/mol. The van der Waals surface area contributed by atoms with Gasteiger partial charge in [0.1, 0.15) is 0 Å². The molecule has 0 radical (unpaired) electrons. The van der Waals surface area contributed by atoms with E-state index in [2.05, 4.69) is 10.1 Å². The fourth-order valence-corrected chi connectivity index (χ4v) is 2.95. The van der Waals surface area contributed by atoms with Crippen molar-refractivity contribution in [2.45, 2.75) is 31.4 Å². The molecule has 0 aliphatic carbocycles. The minimum atomic E-state index is -0.603. The van der Waals surface area contributed by atoms with E-state index in [9.17, 15) is 4.79 Å². The van der Waals surface area contributed by atoms with E-state index < -0.39 is 6.10 Å². The molecule has 1 aromatic heterocycles. The molecule has 2 heterocycles. The summed E-state index contributed by atoms with van der Waals surface area (Å²) in [7, 11) is 1.56. The molecule has 0 saturated carbocycles. The number of carbonyl (C=O) groups excluding carboxylic acids is 1. The van der Waals surface area contributed by atoms with E-state index in [4.69, 9.17) is 9.26 Å². The molecule has 0 bridgehead atoms. The van der Waals surface area contributed by atoms with Crippen LogP contribution in [0.3, 0.4) is 0 Å². The van der Waals surface area contributed by atoms with E-state index in [1.165, 1.54) is 6.39 Å². The highest BCUT2D eigenvalue weighted by Gasteiger charge is 2.35. The van der Waals surface area contributed by atoms with Gasteiger partial charge >= 0.3 is 0 Å². The minimum Gasteiger partial charge on any atom is -0.367 e. The smallest absolute Gasteiger partial charge is 0.256 e. The van der Waals surface area contributed by atoms with Crippen LogP contribution in [0, 0.1) is 0 Å². The van der Waals surface area contributed by atoms with Crippen LogP contribution in [-0.4, -0.2) is 34.6 Å². The van der Waals surface area contributed by atoms with Crippen molar-refractivity contribution < 1.29 is 14.1 Å². The zero-order valence-electron chi connectivity index (χ0n) is 12.5. The van der Waals surface area contributed by atoms with Crippen LogP contribution in [-0.2, 0) is 9.53 Å². The fraction of sp³-hybridized carbons (Fsp3) is 0.438. The number of piperidine rings is 1. The molecule has 22 heavy (non-hydrogen) atoms. The van der Waals surface area contributed by atoms with Gasteiger partial charge in [0.05, 0.1) is 6.04 Å². The van der Waals surface area contributed by atoms with Crippen LogP contribution in [0.1, 0.15) is 42.8 Å². The predicted octanol–water partition coefficient (Wildman–Crippen LogP) is 2.51. The van der Waals surface area contributed by atoms with E-state index in [-0.39, 0.29) is 11.9 Å². The van der Waals surface area contributed by atoms with Crippen LogP contribution < -0.4 is 0 Å². The SMILES string of the molecule is CO[C@H](C(=O)N1CCCC[C@@H]1c1ncon1)c1ccccc1. The summed E-state index contributed by atoms with van der Waals surface area (Å²) < 4.78 is 10.3. The Morgan fingerprint density at radius 2 is 2.18 bits per heavy atom. The third kappa shape index (κ3) is 2.87. The van der Waals surface area contributed by atoms with Crippen molar-refractivity contribution in [2.75, 3.05) is 13.7 Å². The van der Waals surface area contributed by atoms with Crippen molar-refractivity contribution in [3.8, 4) is 0 Å². The molecule has 2 atom stereocenters. The highest BCUT2D eigenvalue weighted by atomic mass is 16.5. The van der Waals surface area contributed by atoms with Crippen molar-refractivity contribution >= 4 is 5.91 Å². The highest BCUT2D eigenvalue weighted by Crippen LogP contribution is 2.32. The van der Waals surface area contributed by atoms with Gasteiger partial charge in [0.25, 0.3) is 5.91 Å². The largest absolute Gasteiger partial charge is 0.367 e. The maximum Gasteiger partial charge on any atom is 0.256 e. The Balaban J connectivity index is 1.85. The maximum atomic E-state index is 13.0. The number of benzene rings is 1. The van der Waals surface area contributed by atoms with Crippen molar-refractivity contribution in [2.24, 2.45) is 0 Å². The van der Waals surface area contributed by atoms with Crippen LogP contribution in [0.4, 0.5) is 0 Å². The molecule has 1 aromatic carbocycles. The lowest BCUT2D eigenvalue weighted by Crippen LogP contribution is -2.42. The Bertz CT molecular complexity index is 600. The fourth-order valence-electron chi connectivity index (χ4n) is 2.95. The molecule has 6 heteroatoms. The first-order chi connectivity index (χ1) is 10.8. The molecule has 0 unspecified atom stereocenters.